The molecule has 0 atom stereocenters. The average Bonchev–Trinajstić information content (AvgIpc) is 2.65. The van der Waals surface area contributed by atoms with Gasteiger partial charge in [-0.25, -0.2) is 0 Å². The Hall–Kier alpha value is -4.05. The monoisotopic (exact) mass is 370 g/mol. The van der Waals surface area contributed by atoms with Crippen LogP contribution < -0.4 is 21.3 Å². The van der Waals surface area contributed by atoms with Gasteiger partial charge in [0.1, 0.15) is 0 Å². The maximum Gasteiger partial charge on any atom is 0.304 e. The molecule has 0 aliphatic heterocycles. The Bertz CT molecular complexity index is 832. The van der Waals surface area contributed by atoms with E-state index in [9.17, 15) is 14.4 Å². The van der Waals surface area contributed by atoms with Gasteiger partial charge < -0.3 is 15.7 Å². The summed E-state index contributed by atoms with van der Waals surface area (Å²) in [6, 6.07) is 8.73. The third kappa shape index (κ3) is 8.56. The number of nitriles is 1. The van der Waals surface area contributed by atoms with Gasteiger partial charge in [-0.05, 0) is 18.2 Å². The van der Waals surface area contributed by atoms with Gasteiger partial charge >= 0.3 is 5.97 Å². The van der Waals surface area contributed by atoms with Crippen LogP contribution in [0, 0.1) is 23.4 Å². The summed E-state index contributed by atoms with van der Waals surface area (Å²) in [5, 5.41) is 26.9. The maximum atomic E-state index is 12.1. The van der Waals surface area contributed by atoms with Gasteiger partial charge in [0.05, 0.1) is 13.0 Å². The highest BCUT2D eigenvalue weighted by Gasteiger charge is 2.09. The van der Waals surface area contributed by atoms with Crippen molar-refractivity contribution in [2.75, 3.05) is 18.9 Å². The summed E-state index contributed by atoms with van der Waals surface area (Å²) in [5.74, 6) is 0.726. The van der Waals surface area contributed by atoms with E-state index in [4.69, 9.17) is 10.4 Å². The lowest BCUT2D eigenvalue weighted by Gasteiger charge is -2.09. The number of aliphatic carboxylic acids is 1. The molecule has 0 spiro atoms. The van der Waals surface area contributed by atoms with E-state index in [-0.39, 0.29) is 25.3 Å². The van der Waals surface area contributed by atoms with Gasteiger partial charge in [0.15, 0.2) is 6.19 Å². The van der Waals surface area contributed by atoms with E-state index in [0.29, 0.717) is 11.3 Å². The van der Waals surface area contributed by atoms with Crippen molar-refractivity contribution in [2.45, 2.75) is 12.8 Å². The molecule has 2 amide bonds. The second-order valence-corrected chi connectivity index (χ2v) is 4.94. The van der Waals surface area contributed by atoms with Gasteiger partial charge in [-0.1, -0.05) is 12.0 Å². The minimum atomic E-state index is -0.972. The summed E-state index contributed by atoms with van der Waals surface area (Å²) in [5.41, 5.74) is 0.826. The Morgan fingerprint density at radius 3 is 2.70 bits per heavy atom. The number of nitrogens with one attached hydrogen (secondary N) is 4. The lowest BCUT2D eigenvalue weighted by Crippen LogP contribution is -2.35. The van der Waals surface area contributed by atoms with Crippen molar-refractivity contribution in [2.24, 2.45) is 4.99 Å². The number of carboxylic acids is 1. The SMILES string of the molecule is CN=C(NC#N)Nc1cccc(C(=O)NCC(=O)NC#CCCC(=O)O)c1. The van der Waals surface area contributed by atoms with E-state index in [2.05, 4.69) is 38.2 Å². The van der Waals surface area contributed by atoms with Crippen LogP contribution in [0.5, 0.6) is 0 Å². The molecule has 0 aliphatic rings. The second-order valence-electron chi connectivity index (χ2n) is 4.94. The van der Waals surface area contributed by atoms with Crippen LogP contribution in [0.3, 0.4) is 0 Å². The number of carboxylic acid groups (broad SMARTS) is 1. The fourth-order valence-corrected chi connectivity index (χ4v) is 1.72. The Balaban J connectivity index is 2.53. The van der Waals surface area contributed by atoms with Crippen molar-refractivity contribution in [3.8, 4) is 18.2 Å². The third-order valence-electron chi connectivity index (χ3n) is 2.95. The quantitative estimate of drug-likeness (QED) is 0.153. The summed E-state index contributed by atoms with van der Waals surface area (Å²) in [6.07, 6.45) is 1.74. The first-order valence-corrected chi connectivity index (χ1v) is 7.72. The first-order chi connectivity index (χ1) is 13.0. The first kappa shape index (κ1) is 21.0. The van der Waals surface area contributed by atoms with Gasteiger partial charge in [0.2, 0.25) is 5.96 Å². The van der Waals surface area contributed by atoms with E-state index in [0.717, 1.165) is 0 Å². The maximum absolute atomic E-state index is 12.1. The molecular formula is C17H18N6O4. The first-order valence-electron chi connectivity index (χ1n) is 7.72. The van der Waals surface area contributed by atoms with E-state index < -0.39 is 17.8 Å². The number of aliphatic imine (C=N–C) groups is 1. The zero-order chi connectivity index (χ0) is 20.1. The highest BCUT2D eigenvalue weighted by molar-refractivity contribution is 5.99. The fraction of sp³-hybridized carbons (Fsp3) is 0.235. The van der Waals surface area contributed by atoms with Crippen LogP contribution in [-0.4, -0.2) is 42.4 Å². The predicted molar refractivity (Wildman–Crippen MR) is 97.3 cm³/mol. The molecule has 1 aromatic rings. The van der Waals surface area contributed by atoms with Gasteiger partial charge in [0, 0.05) is 30.8 Å². The number of carbonyl (C=O) groups is 3. The number of anilines is 1. The predicted octanol–water partition coefficient (Wildman–Crippen LogP) is -0.173. The molecule has 0 fully saturated rings. The highest BCUT2D eigenvalue weighted by Crippen LogP contribution is 2.10. The fourth-order valence-electron chi connectivity index (χ4n) is 1.72. The number of hydrogen-bond donors (Lipinski definition) is 5. The lowest BCUT2D eigenvalue weighted by molar-refractivity contribution is -0.136. The molecule has 0 heterocycles. The molecule has 0 bridgehead atoms. The zero-order valence-electron chi connectivity index (χ0n) is 14.5. The third-order valence-corrected chi connectivity index (χ3v) is 2.95. The van der Waals surface area contributed by atoms with Crippen LogP contribution >= 0.6 is 0 Å². The van der Waals surface area contributed by atoms with Crippen molar-refractivity contribution < 1.29 is 19.5 Å². The number of rotatable bonds is 6. The standard InChI is InChI=1S/C17H18N6O4/c1-19-17(22-11-18)23-13-6-4-5-12(9-13)16(27)21-10-14(24)20-8-3-2-7-15(25)26/h4-6,9H,2,7,10H2,1H3,(H,20,24)(H,21,27)(H,25,26)(H2,19,22,23). The van der Waals surface area contributed by atoms with Crippen LogP contribution in [-0.2, 0) is 9.59 Å². The smallest absolute Gasteiger partial charge is 0.304 e. The molecular weight excluding hydrogens is 352 g/mol. The molecule has 140 valence electrons. The summed E-state index contributed by atoms with van der Waals surface area (Å²) >= 11 is 0. The van der Waals surface area contributed by atoms with Crippen LogP contribution in [0.1, 0.15) is 23.2 Å². The molecule has 5 N–H and O–H groups in total. The number of carbonyl (C=O) groups excluding carboxylic acids is 2. The normalized spacial score (nSPS) is 9.85. The molecule has 0 aromatic heterocycles. The molecule has 0 saturated carbocycles. The molecule has 0 aliphatic carbocycles. The largest absolute Gasteiger partial charge is 0.481 e. The minimum absolute atomic E-state index is 0.113. The number of hydrogen-bond acceptors (Lipinski definition) is 5. The summed E-state index contributed by atoms with van der Waals surface area (Å²) in [6.45, 7) is -0.290. The Morgan fingerprint density at radius 2 is 2.04 bits per heavy atom. The lowest BCUT2D eigenvalue weighted by atomic mass is 10.2. The zero-order valence-corrected chi connectivity index (χ0v) is 14.5. The van der Waals surface area contributed by atoms with Gasteiger partial charge in [0.25, 0.3) is 11.8 Å². The number of nitrogens with zero attached hydrogens (tertiary/aromatic N) is 2. The molecule has 0 unspecified atom stereocenters. The molecule has 1 aromatic carbocycles. The summed E-state index contributed by atoms with van der Waals surface area (Å²) in [7, 11) is 1.49. The van der Waals surface area contributed by atoms with E-state index in [1.54, 1.807) is 24.4 Å². The van der Waals surface area contributed by atoms with Crippen molar-refractivity contribution in [3.05, 3.63) is 29.8 Å². The van der Waals surface area contributed by atoms with Crippen LogP contribution in [0.2, 0.25) is 0 Å². The topological polar surface area (TPSA) is 156 Å². The molecule has 1 rings (SSSR count). The van der Waals surface area contributed by atoms with Crippen molar-refractivity contribution in [3.63, 3.8) is 0 Å². The van der Waals surface area contributed by atoms with Gasteiger partial charge in [-0.3, -0.25) is 30.0 Å². The Labute approximate surface area is 155 Å². The number of benzene rings is 1. The second kappa shape index (κ2) is 11.5. The van der Waals surface area contributed by atoms with Crippen molar-refractivity contribution in [1.82, 2.24) is 16.0 Å². The minimum Gasteiger partial charge on any atom is -0.481 e. The van der Waals surface area contributed by atoms with Crippen LogP contribution in [0.15, 0.2) is 29.3 Å². The number of amides is 2. The molecule has 27 heavy (non-hydrogen) atoms. The van der Waals surface area contributed by atoms with E-state index in [1.165, 1.54) is 13.1 Å². The van der Waals surface area contributed by atoms with Crippen molar-refractivity contribution >= 4 is 29.4 Å². The molecule has 10 heteroatoms. The summed E-state index contributed by atoms with van der Waals surface area (Å²) in [4.78, 5) is 37.8. The Morgan fingerprint density at radius 1 is 1.26 bits per heavy atom. The van der Waals surface area contributed by atoms with Gasteiger partial charge in [-0.15, -0.1) is 0 Å². The molecule has 10 nitrogen and oxygen atoms in total. The van der Waals surface area contributed by atoms with Crippen LogP contribution in [0.25, 0.3) is 0 Å². The average molecular weight is 370 g/mol. The van der Waals surface area contributed by atoms with Gasteiger partial charge in [-0.2, -0.15) is 5.26 Å². The molecule has 0 saturated heterocycles. The molecule has 0 radical (unpaired) electrons. The van der Waals surface area contributed by atoms with Crippen LogP contribution in [0.4, 0.5) is 5.69 Å². The van der Waals surface area contributed by atoms with E-state index >= 15 is 0 Å². The van der Waals surface area contributed by atoms with Crippen molar-refractivity contribution in [1.29, 1.82) is 5.26 Å². The Kier molecular flexibility index (Phi) is 8.94. The number of guanidine groups is 1. The highest BCUT2D eigenvalue weighted by atomic mass is 16.4. The van der Waals surface area contributed by atoms with E-state index in [1.807, 2.05) is 0 Å². The summed E-state index contributed by atoms with van der Waals surface area (Å²) < 4.78 is 0.